The molecular formula is C14H15F3O2. The van der Waals surface area contributed by atoms with Gasteiger partial charge in [-0.2, -0.15) is 13.2 Å². The second-order valence-corrected chi connectivity index (χ2v) is 4.72. The summed E-state index contributed by atoms with van der Waals surface area (Å²) in [6.45, 7) is 0.276. The zero-order valence-corrected chi connectivity index (χ0v) is 10.4. The molecule has 5 heteroatoms. The zero-order chi connectivity index (χ0) is 13.9. The Balaban J connectivity index is 1.87. The van der Waals surface area contributed by atoms with Crippen molar-refractivity contribution in [2.45, 2.75) is 31.9 Å². The Morgan fingerprint density at radius 1 is 1.32 bits per heavy atom. The molecule has 1 atom stereocenters. The van der Waals surface area contributed by atoms with Crippen molar-refractivity contribution in [3.8, 4) is 5.75 Å². The van der Waals surface area contributed by atoms with Crippen LogP contribution in [0.15, 0.2) is 24.3 Å². The monoisotopic (exact) mass is 272 g/mol. The SMILES string of the molecule is O=C1CCCC1CCOc1cccc(C(F)(F)F)c1. The summed E-state index contributed by atoms with van der Waals surface area (Å²) in [6.07, 6.45) is -1.39. The minimum Gasteiger partial charge on any atom is -0.494 e. The van der Waals surface area contributed by atoms with E-state index in [2.05, 4.69) is 0 Å². The Kier molecular flexibility index (Phi) is 4.12. The van der Waals surface area contributed by atoms with Crippen LogP contribution in [0.3, 0.4) is 0 Å². The molecule has 0 aromatic heterocycles. The van der Waals surface area contributed by atoms with Gasteiger partial charge in [0, 0.05) is 12.3 Å². The number of ether oxygens (including phenoxy) is 1. The average molecular weight is 272 g/mol. The van der Waals surface area contributed by atoms with Crippen molar-refractivity contribution in [2.24, 2.45) is 5.92 Å². The molecule has 1 saturated carbocycles. The minimum absolute atomic E-state index is 0.0193. The van der Waals surface area contributed by atoms with E-state index >= 15 is 0 Å². The van der Waals surface area contributed by atoms with Crippen LogP contribution in [-0.4, -0.2) is 12.4 Å². The molecule has 1 fully saturated rings. The van der Waals surface area contributed by atoms with Gasteiger partial charge in [0.25, 0.3) is 0 Å². The van der Waals surface area contributed by atoms with Crippen molar-refractivity contribution in [2.75, 3.05) is 6.61 Å². The number of carbonyl (C=O) groups excluding carboxylic acids is 1. The number of carbonyl (C=O) groups is 1. The molecule has 2 rings (SSSR count). The Bertz CT molecular complexity index is 454. The molecule has 0 amide bonds. The topological polar surface area (TPSA) is 26.3 Å². The maximum absolute atomic E-state index is 12.5. The second kappa shape index (κ2) is 5.63. The molecular weight excluding hydrogens is 257 g/mol. The molecule has 0 bridgehead atoms. The van der Waals surface area contributed by atoms with Gasteiger partial charge in [0.15, 0.2) is 0 Å². The summed E-state index contributed by atoms with van der Waals surface area (Å²) in [5.74, 6) is 0.457. The van der Waals surface area contributed by atoms with Crippen molar-refractivity contribution in [1.82, 2.24) is 0 Å². The first kappa shape index (κ1) is 13.9. The molecule has 1 aliphatic carbocycles. The van der Waals surface area contributed by atoms with Crippen molar-refractivity contribution in [3.63, 3.8) is 0 Å². The van der Waals surface area contributed by atoms with Crippen molar-refractivity contribution >= 4 is 5.78 Å². The lowest BCUT2D eigenvalue weighted by Crippen LogP contribution is -2.11. The fraction of sp³-hybridized carbons (Fsp3) is 0.500. The first-order valence-corrected chi connectivity index (χ1v) is 6.29. The van der Waals surface area contributed by atoms with E-state index in [0.29, 0.717) is 12.8 Å². The van der Waals surface area contributed by atoms with Gasteiger partial charge in [-0.15, -0.1) is 0 Å². The molecule has 19 heavy (non-hydrogen) atoms. The van der Waals surface area contributed by atoms with Gasteiger partial charge in [-0.1, -0.05) is 6.07 Å². The molecule has 0 saturated heterocycles. The summed E-state index contributed by atoms with van der Waals surface area (Å²) >= 11 is 0. The number of benzene rings is 1. The predicted molar refractivity (Wildman–Crippen MR) is 63.9 cm³/mol. The van der Waals surface area contributed by atoms with Crippen LogP contribution in [0.5, 0.6) is 5.75 Å². The number of alkyl halides is 3. The van der Waals surface area contributed by atoms with Crippen molar-refractivity contribution < 1.29 is 22.7 Å². The highest BCUT2D eigenvalue weighted by Crippen LogP contribution is 2.31. The summed E-state index contributed by atoms with van der Waals surface area (Å²) in [5, 5.41) is 0. The number of halogens is 3. The quantitative estimate of drug-likeness (QED) is 0.832. The van der Waals surface area contributed by atoms with Crippen LogP contribution in [-0.2, 0) is 11.0 Å². The number of Topliss-reactive ketones (excluding diaryl/α,β-unsaturated/α-hetero) is 1. The van der Waals surface area contributed by atoms with Gasteiger partial charge in [0.2, 0.25) is 0 Å². The van der Waals surface area contributed by atoms with Crippen molar-refractivity contribution in [1.29, 1.82) is 0 Å². The fourth-order valence-electron chi connectivity index (χ4n) is 2.27. The summed E-state index contributed by atoms with van der Waals surface area (Å²) in [7, 11) is 0. The molecule has 0 radical (unpaired) electrons. The Morgan fingerprint density at radius 2 is 2.11 bits per heavy atom. The highest BCUT2D eigenvalue weighted by Gasteiger charge is 2.30. The summed E-state index contributed by atoms with van der Waals surface area (Å²) in [5.41, 5.74) is -0.720. The maximum Gasteiger partial charge on any atom is 0.416 e. The minimum atomic E-state index is -4.36. The molecule has 1 aromatic carbocycles. The summed E-state index contributed by atoms with van der Waals surface area (Å²) < 4.78 is 42.8. The molecule has 0 aliphatic heterocycles. The molecule has 1 aromatic rings. The maximum atomic E-state index is 12.5. The number of hydrogen-bond acceptors (Lipinski definition) is 2. The zero-order valence-electron chi connectivity index (χ0n) is 10.4. The third kappa shape index (κ3) is 3.72. The van der Waals surface area contributed by atoms with Crippen LogP contribution in [0.25, 0.3) is 0 Å². The van der Waals surface area contributed by atoms with E-state index in [4.69, 9.17) is 4.74 Å². The van der Waals surface area contributed by atoms with Gasteiger partial charge in [-0.3, -0.25) is 4.79 Å². The normalized spacial score (nSPS) is 19.7. The van der Waals surface area contributed by atoms with Gasteiger partial charge >= 0.3 is 6.18 Å². The molecule has 0 N–H and O–H groups in total. The average Bonchev–Trinajstić information content (AvgIpc) is 2.75. The standard InChI is InChI=1S/C14H15F3O2/c15-14(16,17)11-4-2-5-12(9-11)19-8-7-10-3-1-6-13(10)18/h2,4-5,9-10H,1,3,6-8H2. The Hall–Kier alpha value is -1.52. The Morgan fingerprint density at radius 3 is 2.74 bits per heavy atom. The number of hydrogen-bond donors (Lipinski definition) is 0. The van der Waals surface area contributed by atoms with E-state index in [1.165, 1.54) is 12.1 Å². The third-order valence-corrected chi connectivity index (χ3v) is 3.33. The lowest BCUT2D eigenvalue weighted by molar-refractivity contribution is -0.137. The highest BCUT2D eigenvalue weighted by molar-refractivity contribution is 5.82. The van der Waals surface area contributed by atoms with Gasteiger partial charge in [0.05, 0.1) is 12.2 Å². The number of rotatable bonds is 4. The smallest absolute Gasteiger partial charge is 0.416 e. The highest BCUT2D eigenvalue weighted by atomic mass is 19.4. The van der Waals surface area contributed by atoms with Gasteiger partial charge in [-0.05, 0) is 37.5 Å². The van der Waals surface area contributed by atoms with Crippen LogP contribution < -0.4 is 4.74 Å². The van der Waals surface area contributed by atoms with E-state index in [0.717, 1.165) is 25.0 Å². The molecule has 2 nitrogen and oxygen atoms in total. The molecule has 1 aliphatic rings. The van der Waals surface area contributed by atoms with E-state index in [9.17, 15) is 18.0 Å². The van der Waals surface area contributed by atoms with Crippen LogP contribution in [0.4, 0.5) is 13.2 Å². The summed E-state index contributed by atoms with van der Waals surface area (Å²) in [4.78, 5) is 11.4. The first-order valence-electron chi connectivity index (χ1n) is 6.29. The summed E-state index contributed by atoms with van der Waals surface area (Å²) in [6, 6.07) is 4.80. The van der Waals surface area contributed by atoms with Crippen LogP contribution in [0, 0.1) is 5.92 Å². The third-order valence-electron chi connectivity index (χ3n) is 3.33. The molecule has 104 valence electrons. The van der Waals surface area contributed by atoms with E-state index in [1.54, 1.807) is 0 Å². The van der Waals surface area contributed by atoms with Gasteiger partial charge in [0.1, 0.15) is 11.5 Å². The molecule has 0 heterocycles. The fourth-order valence-corrected chi connectivity index (χ4v) is 2.27. The number of ketones is 1. The van der Waals surface area contributed by atoms with Gasteiger partial charge < -0.3 is 4.74 Å². The van der Waals surface area contributed by atoms with Crippen LogP contribution in [0.1, 0.15) is 31.2 Å². The van der Waals surface area contributed by atoms with Crippen molar-refractivity contribution in [3.05, 3.63) is 29.8 Å². The largest absolute Gasteiger partial charge is 0.494 e. The van der Waals surface area contributed by atoms with E-state index in [1.807, 2.05) is 0 Å². The first-order chi connectivity index (χ1) is 8.97. The van der Waals surface area contributed by atoms with Gasteiger partial charge in [-0.25, -0.2) is 0 Å². The van der Waals surface area contributed by atoms with E-state index in [-0.39, 0.29) is 24.1 Å². The molecule has 0 spiro atoms. The second-order valence-electron chi connectivity index (χ2n) is 4.72. The Labute approximate surface area is 109 Å². The van der Waals surface area contributed by atoms with E-state index < -0.39 is 11.7 Å². The van der Waals surface area contributed by atoms with Crippen LogP contribution >= 0.6 is 0 Å². The lowest BCUT2D eigenvalue weighted by atomic mass is 10.0. The predicted octanol–water partition coefficient (Wildman–Crippen LogP) is 3.84. The lowest BCUT2D eigenvalue weighted by Gasteiger charge is -2.11. The molecule has 1 unspecified atom stereocenters. The van der Waals surface area contributed by atoms with Crippen LogP contribution in [0.2, 0.25) is 0 Å².